The first-order valence-electron chi connectivity index (χ1n) is 6.14. The molecule has 1 fully saturated rings. The molecule has 1 heterocycles. The average Bonchev–Trinajstić information content (AvgIpc) is 2.48. The molecule has 2 rings (SSSR count). The van der Waals surface area contributed by atoms with Gasteiger partial charge in [-0.3, -0.25) is 0 Å². The molecule has 1 N–H and O–H groups in total. The quantitative estimate of drug-likeness (QED) is 0.876. The second-order valence-electron chi connectivity index (χ2n) is 5.14. The number of anilines is 1. The highest BCUT2D eigenvalue weighted by Gasteiger charge is 2.58. The first-order chi connectivity index (χ1) is 8.32. The maximum absolute atomic E-state index is 12.0. The largest absolute Gasteiger partial charge is 0.438 e. The number of carbonyl (C=O) groups excluding carboxylic acids is 1. The lowest BCUT2D eigenvalue weighted by atomic mass is 9.90. The van der Waals surface area contributed by atoms with E-state index >= 15 is 0 Å². The summed E-state index contributed by atoms with van der Waals surface area (Å²) in [7, 11) is 0. The Labute approximate surface area is 107 Å². The van der Waals surface area contributed by atoms with Crippen LogP contribution in [0.2, 0.25) is 0 Å². The van der Waals surface area contributed by atoms with Crippen molar-refractivity contribution < 1.29 is 14.6 Å². The SMILES string of the molecule is CC[C@@]1(C)OC(=O)N(c2ccc(C)cc2)[C@@]1(C)O. The standard InChI is InChI=1S/C14H19NO3/c1-5-13(3)14(4,17)15(12(16)18-13)11-8-6-10(2)7-9-11/h6-9,17H,5H2,1-4H3/t13-,14+/m1/s1. The van der Waals surface area contributed by atoms with E-state index in [0.717, 1.165) is 5.56 Å². The lowest BCUT2D eigenvalue weighted by Gasteiger charge is -2.36. The number of aliphatic hydroxyl groups is 1. The molecule has 1 amide bonds. The van der Waals surface area contributed by atoms with Crippen molar-refractivity contribution >= 4 is 11.8 Å². The molecule has 4 heteroatoms. The van der Waals surface area contributed by atoms with Crippen LogP contribution in [0.15, 0.2) is 24.3 Å². The molecule has 2 atom stereocenters. The van der Waals surface area contributed by atoms with Crippen LogP contribution < -0.4 is 4.90 Å². The van der Waals surface area contributed by atoms with Gasteiger partial charge in [0, 0.05) is 0 Å². The van der Waals surface area contributed by atoms with Crippen LogP contribution in [0.25, 0.3) is 0 Å². The van der Waals surface area contributed by atoms with Crippen molar-refractivity contribution in [2.45, 2.75) is 45.4 Å². The smallest absolute Gasteiger partial charge is 0.417 e. The minimum atomic E-state index is -1.35. The van der Waals surface area contributed by atoms with Gasteiger partial charge < -0.3 is 9.84 Å². The van der Waals surface area contributed by atoms with Gasteiger partial charge in [-0.05, 0) is 39.3 Å². The van der Waals surface area contributed by atoms with Crippen LogP contribution in [0, 0.1) is 6.92 Å². The van der Waals surface area contributed by atoms with Crippen LogP contribution in [-0.4, -0.2) is 22.5 Å². The average molecular weight is 249 g/mol. The summed E-state index contributed by atoms with van der Waals surface area (Å²) in [4.78, 5) is 13.3. The van der Waals surface area contributed by atoms with E-state index in [1.165, 1.54) is 4.90 Å². The van der Waals surface area contributed by atoms with Crippen LogP contribution in [0.5, 0.6) is 0 Å². The Kier molecular flexibility index (Phi) is 2.86. The maximum atomic E-state index is 12.0. The van der Waals surface area contributed by atoms with E-state index in [4.69, 9.17) is 4.74 Å². The minimum Gasteiger partial charge on any atom is -0.438 e. The van der Waals surface area contributed by atoms with E-state index in [9.17, 15) is 9.90 Å². The van der Waals surface area contributed by atoms with E-state index < -0.39 is 17.4 Å². The molecule has 18 heavy (non-hydrogen) atoms. The predicted octanol–water partition coefficient (Wildman–Crippen LogP) is 2.83. The predicted molar refractivity (Wildman–Crippen MR) is 69.5 cm³/mol. The van der Waals surface area contributed by atoms with Gasteiger partial charge in [0.15, 0.2) is 11.3 Å². The number of aryl methyl sites for hydroxylation is 1. The highest BCUT2D eigenvalue weighted by molar-refractivity contribution is 5.92. The van der Waals surface area contributed by atoms with Crippen LogP contribution >= 0.6 is 0 Å². The van der Waals surface area contributed by atoms with Crippen molar-refractivity contribution in [3.05, 3.63) is 29.8 Å². The number of ether oxygens (including phenoxy) is 1. The Balaban J connectivity index is 2.45. The molecule has 1 aromatic rings. The van der Waals surface area contributed by atoms with E-state index in [0.29, 0.717) is 12.1 Å². The number of cyclic esters (lactones) is 1. The Hall–Kier alpha value is -1.55. The molecule has 4 nitrogen and oxygen atoms in total. The fraction of sp³-hybridized carbons (Fsp3) is 0.500. The number of carbonyl (C=O) groups is 1. The lowest BCUT2D eigenvalue weighted by molar-refractivity contribution is -0.0861. The van der Waals surface area contributed by atoms with Gasteiger partial charge in [-0.15, -0.1) is 0 Å². The molecule has 0 aromatic heterocycles. The highest BCUT2D eigenvalue weighted by atomic mass is 16.6. The zero-order valence-corrected chi connectivity index (χ0v) is 11.2. The summed E-state index contributed by atoms with van der Waals surface area (Å²) in [5, 5.41) is 10.6. The second-order valence-corrected chi connectivity index (χ2v) is 5.14. The van der Waals surface area contributed by atoms with E-state index in [1.54, 1.807) is 13.8 Å². The molecule has 0 radical (unpaired) electrons. The molecule has 1 aliphatic heterocycles. The van der Waals surface area contributed by atoms with Gasteiger partial charge in [0.2, 0.25) is 0 Å². The number of nitrogens with zero attached hydrogens (tertiary/aromatic N) is 1. The Morgan fingerprint density at radius 1 is 1.28 bits per heavy atom. The van der Waals surface area contributed by atoms with Crippen molar-refractivity contribution in [3.8, 4) is 0 Å². The van der Waals surface area contributed by atoms with Crippen LogP contribution in [0.1, 0.15) is 32.8 Å². The van der Waals surface area contributed by atoms with E-state index in [1.807, 2.05) is 38.1 Å². The zero-order chi connectivity index (χ0) is 13.6. The summed E-state index contributed by atoms with van der Waals surface area (Å²) in [5.74, 6) is 0. The molecule has 0 spiro atoms. The van der Waals surface area contributed by atoms with Crippen molar-refractivity contribution in [1.29, 1.82) is 0 Å². The summed E-state index contributed by atoms with van der Waals surface area (Å²) in [6.07, 6.45) is 0.0434. The minimum absolute atomic E-state index is 0.506. The second kappa shape index (κ2) is 3.99. The van der Waals surface area contributed by atoms with Gasteiger partial charge in [0.05, 0.1) is 5.69 Å². The van der Waals surface area contributed by atoms with Crippen LogP contribution in [0.3, 0.4) is 0 Å². The number of rotatable bonds is 2. The Morgan fingerprint density at radius 3 is 2.28 bits per heavy atom. The number of hydrogen-bond acceptors (Lipinski definition) is 3. The van der Waals surface area contributed by atoms with Gasteiger partial charge in [0.1, 0.15) is 0 Å². The third-order valence-corrected chi connectivity index (χ3v) is 3.90. The molecule has 0 saturated carbocycles. The first-order valence-corrected chi connectivity index (χ1v) is 6.14. The summed E-state index contributed by atoms with van der Waals surface area (Å²) in [6.45, 7) is 7.22. The van der Waals surface area contributed by atoms with Crippen LogP contribution in [-0.2, 0) is 4.74 Å². The third kappa shape index (κ3) is 1.68. The monoisotopic (exact) mass is 249 g/mol. The first kappa shape index (κ1) is 12.9. The molecule has 0 bridgehead atoms. The Morgan fingerprint density at radius 2 is 1.83 bits per heavy atom. The van der Waals surface area contributed by atoms with Gasteiger partial charge >= 0.3 is 6.09 Å². The molecule has 1 aliphatic rings. The van der Waals surface area contributed by atoms with Gasteiger partial charge in [-0.2, -0.15) is 0 Å². The molecule has 1 saturated heterocycles. The lowest BCUT2D eigenvalue weighted by Crippen LogP contribution is -2.55. The van der Waals surface area contributed by atoms with Crippen molar-refractivity contribution in [2.75, 3.05) is 4.90 Å². The Bertz CT molecular complexity index is 466. The normalized spacial score (nSPS) is 31.6. The highest BCUT2D eigenvalue weighted by Crippen LogP contribution is 2.42. The summed E-state index contributed by atoms with van der Waals surface area (Å²) in [6, 6.07) is 7.43. The van der Waals surface area contributed by atoms with E-state index in [-0.39, 0.29) is 0 Å². The van der Waals surface area contributed by atoms with Crippen molar-refractivity contribution in [1.82, 2.24) is 0 Å². The zero-order valence-electron chi connectivity index (χ0n) is 11.2. The van der Waals surface area contributed by atoms with Gasteiger partial charge in [0.25, 0.3) is 0 Å². The summed E-state index contributed by atoms with van der Waals surface area (Å²) < 4.78 is 5.35. The van der Waals surface area contributed by atoms with Gasteiger partial charge in [-0.1, -0.05) is 24.6 Å². The molecular weight excluding hydrogens is 230 g/mol. The summed E-state index contributed by atoms with van der Waals surface area (Å²) >= 11 is 0. The molecule has 1 aromatic carbocycles. The fourth-order valence-electron chi connectivity index (χ4n) is 2.21. The third-order valence-electron chi connectivity index (χ3n) is 3.90. The van der Waals surface area contributed by atoms with Crippen molar-refractivity contribution in [2.24, 2.45) is 0 Å². The maximum Gasteiger partial charge on any atom is 0.417 e. The van der Waals surface area contributed by atoms with Crippen molar-refractivity contribution in [3.63, 3.8) is 0 Å². The van der Waals surface area contributed by atoms with E-state index in [2.05, 4.69) is 0 Å². The number of hydrogen-bond donors (Lipinski definition) is 1. The van der Waals surface area contributed by atoms with Crippen LogP contribution in [0.4, 0.5) is 10.5 Å². The molecule has 98 valence electrons. The number of amides is 1. The molecular formula is C14H19NO3. The fourth-order valence-corrected chi connectivity index (χ4v) is 2.21. The van der Waals surface area contributed by atoms with Gasteiger partial charge in [-0.25, -0.2) is 9.69 Å². The molecule has 0 aliphatic carbocycles. The summed E-state index contributed by atoms with van der Waals surface area (Å²) in [5.41, 5.74) is -0.500. The molecule has 0 unspecified atom stereocenters. The topological polar surface area (TPSA) is 49.8 Å². The number of benzene rings is 1.